The Balaban J connectivity index is 1.69. The van der Waals surface area contributed by atoms with Crippen LogP contribution in [0.3, 0.4) is 0 Å². The van der Waals surface area contributed by atoms with Gasteiger partial charge in [-0.05, 0) is 36.3 Å². The van der Waals surface area contributed by atoms with Crippen molar-refractivity contribution in [1.82, 2.24) is 5.32 Å². The van der Waals surface area contributed by atoms with Crippen LogP contribution in [0.15, 0.2) is 29.3 Å². The number of benzene rings is 1. The van der Waals surface area contributed by atoms with E-state index in [1.54, 1.807) is 0 Å². The van der Waals surface area contributed by atoms with E-state index in [1.807, 2.05) is 11.8 Å². The molecule has 0 saturated heterocycles. The Morgan fingerprint density at radius 1 is 1.32 bits per heavy atom. The summed E-state index contributed by atoms with van der Waals surface area (Å²) in [6.07, 6.45) is 3.73. The Hall–Kier alpha value is -0.960. The van der Waals surface area contributed by atoms with Crippen molar-refractivity contribution >= 4 is 16.9 Å². The van der Waals surface area contributed by atoms with Gasteiger partial charge in [-0.1, -0.05) is 49.9 Å². The van der Waals surface area contributed by atoms with E-state index >= 15 is 0 Å². The predicted molar refractivity (Wildman–Crippen MR) is 83.8 cm³/mol. The van der Waals surface area contributed by atoms with Crippen molar-refractivity contribution < 1.29 is 0 Å². The lowest BCUT2D eigenvalue weighted by atomic mass is 9.88. The van der Waals surface area contributed by atoms with Crippen LogP contribution in [0.1, 0.15) is 43.9 Å². The second kappa shape index (κ2) is 5.58. The fourth-order valence-corrected chi connectivity index (χ4v) is 3.94. The third-order valence-electron chi connectivity index (χ3n) is 4.09. The highest BCUT2D eigenvalue weighted by atomic mass is 32.2. The van der Waals surface area contributed by atoms with E-state index in [9.17, 15) is 0 Å². The second-order valence-electron chi connectivity index (χ2n) is 5.83. The first-order valence-electron chi connectivity index (χ1n) is 7.29. The standard InChI is InChI=1S/C16H22N2S/c1-11(2)15-10-17-16(19-15)18-14-9-5-7-12-6-3-4-8-13(12)14/h3-4,6,8,11,14-15H,5,7,9-10H2,1-2H3,(H,17,18). The molecule has 0 amide bonds. The molecule has 102 valence electrons. The topological polar surface area (TPSA) is 24.4 Å². The molecule has 1 aromatic carbocycles. The van der Waals surface area contributed by atoms with Crippen molar-refractivity contribution in [2.24, 2.45) is 10.9 Å². The molecule has 0 fully saturated rings. The van der Waals surface area contributed by atoms with Crippen molar-refractivity contribution in [3.8, 4) is 0 Å². The lowest BCUT2D eigenvalue weighted by Gasteiger charge is -2.27. The first-order chi connectivity index (χ1) is 9.24. The third-order valence-corrected chi connectivity index (χ3v) is 5.55. The SMILES string of the molecule is CC(C)C1CN=C(NC2CCCc3ccccc32)S1. The fraction of sp³-hybridized carbons (Fsp3) is 0.562. The molecule has 2 atom stereocenters. The quantitative estimate of drug-likeness (QED) is 0.887. The maximum absolute atomic E-state index is 4.67. The van der Waals surface area contributed by atoms with Gasteiger partial charge in [-0.3, -0.25) is 4.99 Å². The highest BCUT2D eigenvalue weighted by molar-refractivity contribution is 8.14. The molecule has 1 aliphatic carbocycles. The smallest absolute Gasteiger partial charge is 0.157 e. The molecule has 1 aliphatic heterocycles. The third kappa shape index (κ3) is 2.81. The van der Waals surface area contributed by atoms with Gasteiger partial charge in [0.1, 0.15) is 0 Å². The molecule has 2 unspecified atom stereocenters. The zero-order valence-corrected chi connectivity index (χ0v) is 12.5. The van der Waals surface area contributed by atoms with Crippen LogP contribution in [-0.4, -0.2) is 17.0 Å². The molecule has 1 heterocycles. The van der Waals surface area contributed by atoms with Crippen molar-refractivity contribution in [3.63, 3.8) is 0 Å². The number of rotatable bonds is 2. The Kier molecular flexibility index (Phi) is 3.83. The van der Waals surface area contributed by atoms with Crippen LogP contribution in [0.2, 0.25) is 0 Å². The highest BCUT2D eigenvalue weighted by Crippen LogP contribution is 2.32. The minimum Gasteiger partial charge on any atom is -0.358 e. The number of hydrogen-bond acceptors (Lipinski definition) is 3. The van der Waals surface area contributed by atoms with Crippen LogP contribution >= 0.6 is 11.8 Å². The molecule has 0 aromatic heterocycles. The largest absolute Gasteiger partial charge is 0.358 e. The Morgan fingerprint density at radius 2 is 2.16 bits per heavy atom. The summed E-state index contributed by atoms with van der Waals surface area (Å²) in [5.74, 6) is 0.701. The fourth-order valence-electron chi connectivity index (χ4n) is 2.87. The van der Waals surface area contributed by atoms with Gasteiger partial charge in [0.2, 0.25) is 0 Å². The van der Waals surface area contributed by atoms with Crippen LogP contribution in [0.25, 0.3) is 0 Å². The van der Waals surface area contributed by atoms with E-state index in [2.05, 4.69) is 48.4 Å². The second-order valence-corrected chi connectivity index (χ2v) is 7.06. The molecule has 0 saturated carbocycles. The lowest BCUT2D eigenvalue weighted by molar-refractivity contribution is 0.529. The average Bonchev–Trinajstić information content (AvgIpc) is 2.88. The molecule has 2 nitrogen and oxygen atoms in total. The molecule has 3 rings (SSSR count). The van der Waals surface area contributed by atoms with Gasteiger partial charge >= 0.3 is 0 Å². The van der Waals surface area contributed by atoms with E-state index in [0.29, 0.717) is 17.2 Å². The van der Waals surface area contributed by atoms with Crippen molar-refractivity contribution in [3.05, 3.63) is 35.4 Å². The number of nitrogens with one attached hydrogen (secondary N) is 1. The number of hydrogen-bond donors (Lipinski definition) is 1. The Morgan fingerprint density at radius 3 is 2.95 bits per heavy atom. The number of nitrogens with zero attached hydrogens (tertiary/aromatic N) is 1. The van der Waals surface area contributed by atoms with Gasteiger partial charge < -0.3 is 5.32 Å². The normalized spacial score (nSPS) is 26.2. The molecular weight excluding hydrogens is 252 g/mol. The number of aryl methyl sites for hydroxylation is 1. The summed E-state index contributed by atoms with van der Waals surface area (Å²) >= 11 is 1.93. The molecule has 1 N–H and O–H groups in total. The number of amidine groups is 1. The maximum Gasteiger partial charge on any atom is 0.157 e. The van der Waals surface area contributed by atoms with Crippen LogP contribution in [0.4, 0.5) is 0 Å². The van der Waals surface area contributed by atoms with E-state index in [-0.39, 0.29) is 0 Å². The van der Waals surface area contributed by atoms with Crippen molar-refractivity contribution in [2.75, 3.05) is 6.54 Å². The summed E-state index contributed by atoms with van der Waals surface area (Å²) in [6, 6.07) is 9.30. The van der Waals surface area contributed by atoms with E-state index in [0.717, 1.165) is 11.7 Å². The summed E-state index contributed by atoms with van der Waals surface area (Å²) in [5.41, 5.74) is 2.99. The Labute approximate surface area is 120 Å². The average molecular weight is 274 g/mol. The van der Waals surface area contributed by atoms with Gasteiger partial charge in [-0.15, -0.1) is 0 Å². The molecule has 0 radical (unpaired) electrons. The monoisotopic (exact) mass is 274 g/mol. The molecule has 0 spiro atoms. The molecule has 3 heteroatoms. The van der Waals surface area contributed by atoms with Crippen LogP contribution in [0.5, 0.6) is 0 Å². The minimum atomic E-state index is 0.460. The van der Waals surface area contributed by atoms with E-state index in [1.165, 1.54) is 30.4 Å². The van der Waals surface area contributed by atoms with Crippen LogP contribution in [0, 0.1) is 5.92 Å². The van der Waals surface area contributed by atoms with Crippen LogP contribution < -0.4 is 5.32 Å². The molecule has 2 aliphatic rings. The minimum absolute atomic E-state index is 0.460. The lowest BCUT2D eigenvalue weighted by Crippen LogP contribution is -2.28. The summed E-state index contributed by atoms with van der Waals surface area (Å²) < 4.78 is 0. The summed E-state index contributed by atoms with van der Waals surface area (Å²) in [6.45, 7) is 5.54. The molecule has 0 bridgehead atoms. The highest BCUT2D eigenvalue weighted by Gasteiger charge is 2.26. The summed E-state index contributed by atoms with van der Waals surface area (Å²) in [4.78, 5) is 4.67. The maximum atomic E-state index is 4.67. The van der Waals surface area contributed by atoms with Gasteiger partial charge in [0.15, 0.2) is 5.17 Å². The van der Waals surface area contributed by atoms with Crippen molar-refractivity contribution in [2.45, 2.75) is 44.4 Å². The molecule has 1 aromatic rings. The van der Waals surface area contributed by atoms with Crippen LogP contribution in [-0.2, 0) is 6.42 Å². The zero-order valence-electron chi connectivity index (χ0n) is 11.7. The number of thioether (sulfide) groups is 1. The van der Waals surface area contributed by atoms with E-state index in [4.69, 9.17) is 0 Å². The van der Waals surface area contributed by atoms with Gasteiger partial charge in [0, 0.05) is 5.25 Å². The molecule has 19 heavy (non-hydrogen) atoms. The van der Waals surface area contributed by atoms with Gasteiger partial charge in [0.05, 0.1) is 12.6 Å². The predicted octanol–water partition coefficient (Wildman–Crippen LogP) is 3.78. The van der Waals surface area contributed by atoms with E-state index < -0.39 is 0 Å². The molecular formula is C16H22N2S. The first kappa shape index (κ1) is 13.0. The van der Waals surface area contributed by atoms with Crippen molar-refractivity contribution in [1.29, 1.82) is 0 Å². The van der Waals surface area contributed by atoms with Gasteiger partial charge in [-0.25, -0.2) is 0 Å². The van der Waals surface area contributed by atoms with Gasteiger partial charge in [-0.2, -0.15) is 0 Å². The Bertz CT molecular complexity index is 481. The summed E-state index contributed by atoms with van der Waals surface area (Å²) in [5, 5.41) is 5.48. The zero-order chi connectivity index (χ0) is 13.2. The number of aliphatic imine (C=N–C) groups is 1. The van der Waals surface area contributed by atoms with Gasteiger partial charge in [0.25, 0.3) is 0 Å². The number of fused-ring (bicyclic) bond motifs is 1. The first-order valence-corrected chi connectivity index (χ1v) is 8.17. The summed E-state index contributed by atoms with van der Waals surface area (Å²) in [7, 11) is 0.